The van der Waals surface area contributed by atoms with Crippen molar-refractivity contribution >= 4 is 17.6 Å². The maximum Gasteiger partial charge on any atom is 0.314 e. The Bertz CT molecular complexity index is 398. The third-order valence-electron chi connectivity index (χ3n) is 2.70. The first-order chi connectivity index (χ1) is 9.61. The number of aliphatic hydroxyl groups excluding tert-OH is 1. The molecule has 0 fully saturated rings. The number of nitrogens with one attached hydrogen (secondary N) is 2. The minimum absolute atomic E-state index is 0.256. The van der Waals surface area contributed by atoms with E-state index in [4.69, 9.17) is 16.3 Å². The van der Waals surface area contributed by atoms with Gasteiger partial charge in [-0.2, -0.15) is 0 Å². The van der Waals surface area contributed by atoms with Gasteiger partial charge in [0.05, 0.1) is 12.6 Å². The van der Waals surface area contributed by atoms with E-state index in [1.54, 1.807) is 24.3 Å². The Labute approximate surface area is 124 Å². The number of aliphatic hydroxyl groups is 1. The minimum Gasteiger partial charge on any atom is -0.492 e. The minimum atomic E-state index is -0.358. The topological polar surface area (TPSA) is 70.6 Å². The summed E-state index contributed by atoms with van der Waals surface area (Å²) in [5, 5.41) is 15.3. The first-order valence-electron chi connectivity index (χ1n) is 6.70. The average Bonchev–Trinajstić information content (AvgIpc) is 2.45. The van der Waals surface area contributed by atoms with Gasteiger partial charge in [-0.25, -0.2) is 4.79 Å². The lowest BCUT2D eigenvalue weighted by atomic mass is 10.2. The summed E-state index contributed by atoms with van der Waals surface area (Å²) < 4.78 is 5.43. The number of rotatable bonds is 8. The lowest BCUT2D eigenvalue weighted by Crippen LogP contribution is -2.38. The molecule has 0 aliphatic rings. The van der Waals surface area contributed by atoms with E-state index in [2.05, 4.69) is 10.6 Å². The van der Waals surface area contributed by atoms with Crippen LogP contribution in [0.1, 0.15) is 19.8 Å². The summed E-state index contributed by atoms with van der Waals surface area (Å²) in [6.07, 6.45) is 0.896. The summed E-state index contributed by atoms with van der Waals surface area (Å²) in [6.45, 7) is 3.15. The molecule has 3 N–H and O–H groups in total. The van der Waals surface area contributed by atoms with E-state index >= 15 is 0 Å². The summed E-state index contributed by atoms with van der Waals surface area (Å²) in [7, 11) is 0. The van der Waals surface area contributed by atoms with E-state index in [9.17, 15) is 9.90 Å². The molecule has 0 spiro atoms. The van der Waals surface area contributed by atoms with Gasteiger partial charge in [0.15, 0.2) is 0 Å². The fourth-order valence-electron chi connectivity index (χ4n) is 1.48. The lowest BCUT2D eigenvalue weighted by Gasteiger charge is -2.10. The molecule has 1 rings (SSSR count). The van der Waals surface area contributed by atoms with Crippen LogP contribution in [0.5, 0.6) is 5.75 Å². The van der Waals surface area contributed by atoms with Crippen molar-refractivity contribution in [3.63, 3.8) is 0 Å². The Balaban J connectivity index is 2.05. The van der Waals surface area contributed by atoms with Gasteiger partial charge < -0.3 is 20.5 Å². The zero-order valence-electron chi connectivity index (χ0n) is 11.6. The van der Waals surface area contributed by atoms with E-state index in [1.807, 2.05) is 6.92 Å². The molecule has 1 unspecified atom stereocenters. The molecule has 0 radical (unpaired) electrons. The maximum atomic E-state index is 11.4. The Morgan fingerprint density at radius 2 is 1.95 bits per heavy atom. The number of carbonyl (C=O) groups excluding carboxylic acids is 1. The second-order valence-corrected chi connectivity index (χ2v) is 4.77. The molecular formula is C14H21ClN2O3. The zero-order valence-corrected chi connectivity index (χ0v) is 12.3. The highest BCUT2D eigenvalue weighted by molar-refractivity contribution is 6.30. The van der Waals surface area contributed by atoms with Gasteiger partial charge in [0.1, 0.15) is 12.4 Å². The van der Waals surface area contributed by atoms with Gasteiger partial charge in [-0.3, -0.25) is 0 Å². The number of halogens is 1. The first kappa shape index (κ1) is 16.6. The summed E-state index contributed by atoms with van der Waals surface area (Å²) in [4.78, 5) is 11.4. The fourth-order valence-corrected chi connectivity index (χ4v) is 1.61. The van der Waals surface area contributed by atoms with Crippen molar-refractivity contribution in [2.45, 2.75) is 25.9 Å². The van der Waals surface area contributed by atoms with Gasteiger partial charge in [-0.05, 0) is 37.1 Å². The molecule has 1 aromatic carbocycles. The van der Waals surface area contributed by atoms with Crippen LogP contribution in [0.4, 0.5) is 4.79 Å². The van der Waals surface area contributed by atoms with Crippen molar-refractivity contribution in [1.29, 1.82) is 0 Å². The second-order valence-electron chi connectivity index (χ2n) is 4.34. The van der Waals surface area contributed by atoms with E-state index in [-0.39, 0.29) is 12.1 Å². The summed E-state index contributed by atoms with van der Waals surface area (Å²) in [5.41, 5.74) is 0. The van der Waals surface area contributed by atoms with Crippen LogP contribution in [-0.4, -0.2) is 36.9 Å². The third kappa shape index (κ3) is 7.21. The van der Waals surface area contributed by atoms with Crippen molar-refractivity contribution in [2.24, 2.45) is 0 Å². The predicted octanol–water partition coefficient (Wildman–Crippen LogP) is 2.18. The number of hydrogen-bond donors (Lipinski definition) is 3. The van der Waals surface area contributed by atoms with Gasteiger partial charge in [0.25, 0.3) is 0 Å². The standard InChI is InChI=1S/C14H21ClN2O3/c1-2-12(18)7-8-16-14(19)17-9-10-20-13-5-3-11(15)4-6-13/h3-6,12,18H,2,7-10H2,1H3,(H2,16,17,19). The van der Waals surface area contributed by atoms with E-state index < -0.39 is 0 Å². The lowest BCUT2D eigenvalue weighted by molar-refractivity contribution is 0.160. The molecule has 6 heteroatoms. The molecule has 5 nitrogen and oxygen atoms in total. The zero-order chi connectivity index (χ0) is 14.8. The molecular weight excluding hydrogens is 280 g/mol. The van der Waals surface area contributed by atoms with Gasteiger partial charge >= 0.3 is 6.03 Å². The summed E-state index contributed by atoms with van der Waals surface area (Å²) in [6, 6.07) is 6.78. The van der Waals surface area contributed by atoms with E-state index in [1.165, 1.54) is 0 Å². The van der Waals surface area contributed by atoms with Gasteiger partial charge in [0, 0.05) is 11.6 Å². The first-order valence-corrected chi connectivity index (χ1v) is 7.07. The smallest absolute Gasteiger partial charge is 0.314 e. The van der Waals surface area contributed by atoms with Crippen LogP contribution >= 0.6 is 11.6 Å². The van der Waals surface area contributed by atoms with Crippen LogP contribution < -0.4 is 15.4 Å². The number of urea groups is 1. The Hall–Kier alpha value is -1.46. The van der Waals surface area contributed by atoms with E-state index in [0.717, 1.165) is 0 Å². The highest BCUT2D eigenvalue weighted by Crippen LogP contribution is 2.14. The van der Waals surface area contributed by atoms with Crippen LogP contribution in [0, 0.1) is 0 Å². The quantitative estimate of drug-likeness (QED) is 0.644. The highest BCUT2D eigenvalue weighted by Gasteiger charge is 2.03. The van der Waals surface area contributed by atoms with Gasteiger partial charge in [0.2, 0.25) is 0 Å². The van der Waals surface area contributed by atoms with Crippen molar-refractivity contribution < 1.29 is 14.6 Å². The Kier molecular flexibility index (Phi) is 7.84. The Morgan fingerprint density at radius 1 is 1.30 bits per heavy atom. The number of carbonyl (C=O) groups is 1. The molecule has 1 aromatic rings. The molecule has 0 saturated heterocycles. The maximum absolute atomic E-state index is 11.4. The van der Waals surface area contributed by atoms with Crippen molar-refractivity contribution in [2.75, 3.05) is 19.7 Å². The molecule has 0 bridgehead atoms. The SMILES string of the molecule is CCC(O)CCNC(=O)NCCOc1ccc(Cl)cc1. The van der Waals surface area contributed by atoms with E-state index in [0.29, 0.717) is 43.3 Å². The molecule has 0 aliphatic heterocycles. The summed E-state index contributed by atoms with van der Waals surface area (Å²) in [5.74, 6) is 0.711. The van der Waals surface area contributed by atoms with Gasteiger partial charge in [-0.1, -0.05) is 18.5 Å². The molecule has 1 atom stereocenters. The van der Waals surface area contributed by atoms with Crippen LogP contribution in [0.2, 0.25) is 5.02 Å². The fraction of sp³-hybridized carbons (Fsp3) is 0.500. The van der Waals surface area contributed by atoms with Crippen molar-refractivity contribution in [1.82, 2.24) is 10.6 Å². The van der Waals surface area contributed by atoms with Crippen LogP contribution in [-0.2, 0) is 0 Å². The molecule has 2 amide bonds. The predicted molar refractivity (Wildman–Crippen MR) is 79.3 cm³/mol. The number of ether oxygens (including phenoxy) is 1. The normalized spacial score (nSPS) is 11.8. The molecule has 0 heterocycles. The number of amides is 2. The highest BCUT2D eigenvalue weighted by atomic mass is 35.5. The largest absolute Gasteiger partial charge is 0.492 e. The molecule has 20 heavy (non-hydrogen) atoms. The van der Waals surface area contributed by atoms with Crippen LogP contribution in [0.25, 0.3) is 0 Å². The Morgan fingerprint density at radius 3 is 2.60 bits per heavy atom. The van der Waals surface area contributed by atoms with Crippen LogP contribution in [0.3, 0.4) is 0 Å². The number of benzene rings is 1. The van der Waals surface area contributed by atoms with Crippen molar-refractivity contribution in [3.8, 4) is 5.75 Å². The molecule has 0 saturated carbocycles. The third-order valence-corrected chi connectivity index (χ3v) is 2.96. The summed E-state index contributed by atoms with van der Waals surface area (Å²) >= 11 is 5.76. The van der Waals surface area contributed by atoms with Gasteiger partial charge in [-0.15, -0.1) is 0 Å². The monoisotopic (exact) mass is 300 g/mol. The molecule has 0 aliphatic carbocycles. The number of hydrogen-bond acceptors (Lipinski definition) is 3. The molecule has 0 aromatic heterocycles. The van der Waals surface area contributed by atoms with Crippen LogP contribution in [0.15, 0.2) is 24.3 Å². The second kappa shape index (κ2) is 9.44. The van der Waals surface area contributed by atoms with Crippen molar-refractivity contribution in [3.05, 3.63) is 29.3 Å². The average molecular weight is 301 g/mol. The molecule has 112 valence electrons.